The first-order valence-electron chi connectivity index (χ1n) is 9.09. The summed E-state index contributed by atoms with van der Waals surface area (Å²) >= 11 is 1.39. The molecule has 4 aromatic rings. The van der Waals surface area contributed by atoms with E-state index in [9.17, 15) is 4.79 Å². The van der Waals surface area contributed by atoms with Crippen LogP contribution in [0.5, 0.6) is 5.75 Å². The zero-order valence-electron chi connectivity index (χ0n) is 15.8. The van der Waals surface area contributed by atoms with E-state index in [1.807, 2.05) is 60.0 Å². The maximum Gasteiger partial charge on any atom is 0.281 e. The van der Waals surface area contributed by atoms with Crippen LogP contribution in [0.1, 0.15) is 15.2 Å². The van der Waals surface area contributed by atoms with E-state index in [0.717, 1.165) is 33.6 Å². The standard InChI is InChI=1S/C22H20N4O2S/c1-28-17-8-6-16(7-9-17)25-26-22(27)21-20(11-13-29-21)24-14-15-10-12-23-19-5-3-2-4-18(15)19/h2-13,24-25H,14H2,1H3,(H,26,27). The minimum atomic E-state index is -0.196. The van der Waals surface area contributed by atoms with Crippen molar-refractivity contribution >= 4 is 39.5 Å². The predicted molar refractivity (Wildman–Crippen MR) is 117 cm³/mol. The summed E-state index contributed by atoms with van der Waals surface area (Å²) in [6.07, 6.45) is 1.80. The van der Waals surface area contributed by atoms with E-state index in [2.05, 4.69) is 27.2 Å². The Morgan fingerprint density at radius 3 is 2.72 bits per heavy atom. The van der Waals surface area contributed by atoms with Crippen LogP contribution in [-0.4, -0.2) is 18.0 Å². The van der Waals surface area contributed by atoms with Crippen LogP contribution >= 0.6 is 11.3 Å². The summed E-state index contributed by atoms with van der Waals surface area (Å²) in [6, 6.07) is 19.3. The number of ether oxygens (including phenoxy) is 1. The molecule has 0 bridgehead atoms. The Labute approximate surface area is 172 Å². The summed E-state index contributed by atoms with van der Waals surface area (Å²) in [6.45, 7) is 0.603. The Morgan fingerprint density at radius 1 is 1.07 bits per heavy atom. The van der Waals surface area contributed by atoms with Gasteiger partial charge in [-0.05, 0) is 53.4 Å². The van der Waals surface area contributed by atoms with Gasteiger partial charge >= 0.3 is 0 Å². The molecule has 7 heteroatoms. The zero-order valence-corrected chi connectivity index (χ0v) is 16.6. The maximum absolute atomic E-state index is 12.6. The number of nitrogens with one attached hydrogen (secondary N) is 3. The largest absolute Gasteiger partial charge is 0.497 e. The Morgan fingerprint density at radius 2 is 1.90 bits per heavy atom. The van der Waals surface area contributed by atoms with Crippen molar-refractivity contribution in [2.24, 2.45) is 0 Å². The molecular formula is C22H20N4O2S. The molecule has 0 atom stereocenters. The number of aromatic nitrogens is 1. The van der Waals surface area contributed by atoms with Crippen molar-refractivity contribution in [1.29, 1.82) is 0 Å². The second-order valence-corrected chi connectivity index (χ2v) is 7.23. The molecule has 0 aliphatic rings. The minimum Gasteiger partial charge on any atom is -0.497 e. The molecule has 0 unspecified atom stereocenters. The second kappa shape index (κ2) is 8.62. The van der Waals surface area contributed by atoms with Crippen LogP contribution in [0.25, 0.3) is 10.9 Å². The van der Waals surface area contributed by atoms with E-state index in [0.29, 0.717) is 11.4 Å². The Balaban J connectivity index is 1.41. The van der Waals surface area contributed by atoms with E-state index in [-0.39, 0.29) is 5.91 Å². The summed E-state index contributed by atoms with van der Waals surface area (Å²) in [5.74, 6) is 0.563. The molecule has 146 valence electrons. The van der Waals surface area contributed by atoms with Gasteiger partial charge in [-0.2, -0.15) is 0 Å². The van der Waals surface area contributed by atoms with Gasteiger partial charge in [-0.1, -0.05) is 18.2 Å². The number of methoxy groups -OCH3 is 1. The average Bonchev–Trinajstić information content (AvgIpc) is 3.25. The van der Waals surface area contributed by atoms with Gasteiger partial charge < -0.3 is 10.1 Å². The molecule has 2 heterocycles. The number of anilines is 2. The van der Waals surface area contributed by atoms with Crippen molar-refractivity contribution in [3.05, 3.63) is 82.7 Å². The SMILES string of the molecule is COc1ccc(NNC(=O)c2sccc2NCc2ccnc3ccccc23)cc1. The fourth-order valence-electron chi connectivity index (χ4n) is 2.98. The lowest BCUT2D eigenvalue weighted by atomic mass is 10.1. The van der Waals surface area contributed by atoms with Gasteiger partial charge in [0.25, 0.3) is 5.91 Å². The topological polar surface area (TPSA) is 75.3 Å². The summed E-state index contributed by atoms with van der Waals surface area (Å²) in [5.41, 5.74) is 9.32. The highest BCUT2D eigenvalue weighted by atomic mass is 32.1. The number of pyridine rings is 1. The van der Waals surface area contributed by atoms with E-state index in [1.54, 1.807) is 13.3 Å². The Kier molecular flexibility index (Phi) is 5.58. The molecule has 0 fully saturated rings. The van der Waals surface area contributed by atoms with E-state index < -0.39 is 0 Å². The molecular weight excluding hydrogens is 384 g/mol. The quantitative estimate of drug-likeness (QED) is 0.390. The van der Waals surface area contributed by atoms with Gasteiger partial charge in [0.15, 0.2) is 0 Å². The molecule has 2 aromatic heterocycles. The molecule has 3 N–H and O–H groups in total. The summed E-state index contributed by atoms with van der Waals surface area (Å²) < 4.78 is 5.13. The first-order chi connectivity index (χ1) is 14.2. The van der Waals surface area contributed by atoms with Crippen molar-refractivity contribution in [2.75, 3.05) is 17.9 Å². The lowest BCUT2D eigenvalue weighted by Gasteiger charge is -2.11. The van der Waals surface area contributed by atoms with Gasteiger partial charge in [-0.3, -0.25) is 20.6 Å². The number of para-hydroxylation sites is 1. The fourth-order valence-corrected chi connectivity index (χ4v) is 3.75. The minimum absolute atomic E-state index is 0.196. The van der Waals surface area contributed by atoms with E-state index >= 15 is 0 Å². The van der Waals surface area contributed by atoms with Crippen LogP contribution in [0.2, 0.25) is 0 Å². The zero-order chi connectivity index (χ0) is 20.1. The number of hydrazine groups is 1. The number of hydrogen-bond acceptors (Lipinski definition) is 6. The first kappa shape index (κ1) is 18.8. The molecule has 0 aliphatic carbocycles. The van der Waals surface area contributed by atoms with Crippen LogP contribution in [0.15, 0.2) is 72.2 Å². The summed E-state index contributed by atoms with van der Waals surface area (Å²) in [5, 5.41) is 6.37. The van der Waals surface area contributed by atoms with Crippen molar-refractivity contribution in [3.8, 4) is 5.75 Å². The van der Waals surface area contributed by atoms with Gasteiger partial charge in [0, 0.05) is 18.1 Å². The molecule has 2 aromatic carbocycles. The molecule has 6 nitrogen and oxygen atoms in total. The monoisotopic (exact) mass is 404 g/mol. The van der Waals surface area contributed by atoms with Crippen molar-refractivity contribution in [3.63, 3.8) is 0 Å². The molecule has 0 saturated heterocycles. The number of nitrogens with zero attached hydrogens (tertiary/aromatic N) is 1. The Hall–Kier alpha value is -3.58. The van der Waals surface area contributed by atoms with Crippen LogP contribution in [0.4, 0.5) is 11.4 Å². The predicted octanol–water partition coefficient (Wildman–Crippen LogP) is 4.67. The molecule has 0 saturated carbocycles. The molecule has 0 aliphatic heterocycles. The first-order valence-corrected chi connectivity index (χ1v) is 9.97. The summed E-state index contributed by atoms with van der Waals surface area (Å²) in [4.78, 5) is 17.6. The van der Waals surface area contributed by atoms with Crippen LogP contribution in [0.3, 0.4) is 0 Å². The van der Waals surface area contributed by atoms with Crippen LogP contribution in [0, 0.1) is 0 Å². The highest BCUT2D eigenvalue weighted by molar-refractivity contribution is 7.12. The van der Waals surface area contributed by atoms with Crippen molar-refractivity contribution in [2.45, 2.75) is 6.54 Å². The van der Waals surface area contributed by atoms with Crippen molar-refractivity contribution in [1.82, 2.24) is 10.4 Å². The maximum atomic E-state index is 12.6. The number of carbonyl (C=O) groups excluding carboxylic acids is 1. The van der Waals surface area contributed by atoms with Gasteiger partial charge in [0.1, 0.15) is 10.6 Å². The number of carbonyl (C=O) groups is 1. The number of rotatable bonds is 7. The number of thiophene rings is 1. The van der Waals surface area contributed by atoms with Gasteiger partial charge in [0.05, 0.1) is 24.0 Å². The average molecular weight is 404 g/mol. The third-order valence-electron chi connectivity index (χ3n) is 4.49. The van der Waals surface area contributed by atoms with Crippen LogP contribution in [-0.2, 0) is 6.54 Å². The lowest BCUT2D eigenvalue weighted by Crippen LogP contribution is -2.29. The molecule has 0 spiro atoms. The molecule has 1 amide bonds. The van der Waals surface area contributed by atoms with Crippen LogP contribution < -0.4 is 20.9 Å². The van der Waals surface area contributed by atoms with Crippen molar-refractivity contribution < 1.29 is 9.53 Å². The Bertz CT molecular complexity index is 1120. The highest BCUT2D eigenvalue weighted by Crippen LogP contribution is 2.24. The number of fused-ring (bicyclic) bond motifs is 1. The smallest absolute Gasteiger partial charge is 0.281 e. The third kappa shape index (κ3) is 4.30. The second-order valence-electron chi connectivity index (χ2n) is 6.31. The number of amides is 1. The van der Waals surface area contributed by atoms with E-state index in [1.165, 1.54) is 11.3 Å². The third-order valence-corrected chi connectivity index (χ3v) is 5.40. The van der Waals surface area contributed by atoms with E-state index in [4.69, 9.17) is 4.74 Å². The van der Waals surface area contributed by atoms with Gasteiger partial charge in [0.2, 0.25) is 0 Å². The number of hydrogen-bond donors (Lipinski definition) is 3. The highest BCUT2D eigenvalue weighted by Gasteiger charge is 2.13. The molecule has 29 heavy (non-hydrogen) atoms. The van der Waals surface area contributed by atoms with Gasteiger partial charge in [-0.25, -0.2) is 0 Å². The molecule has 4 rings (SSSR count). The normalized spacial score (nSPS) is 10.5. The fraction of sp³-hybridized carbons (Fsp3) is 0.0909. The number of benzene rings is 2. The lowest BCUT2D eigenvalue weighted by molar-refractivity contribution is 0.0967. The van der Waals surface area contributed by atoms with Gasteiger partial charge in [-0.15, -0.1) is 11.3 Å². The summed E-state index contributed by atoms with van der Waals surface area (Å²) in [7, 11) is 1.62. The molecule has 0 radical (unpaired) electrons.